The molecule has 1 fully saturated rings. The number of hydrogen-bond acceptors (Lipinski definition) is 11. The van der Waals surface area contributed by atoms with Gasteiger partial charge in [0.25, 0.3) is 7.82 Å². The molecule has 0 bridgehead atoms. The van der Waals surface area contributed by atoms with Gasteiger partial charge in [-0.05, 0) is 25.7 Å². The van der Waals surface area contributed by atoms with Crippen LogP contribution in [0.3, 0.4) is 0 Å². The van der Waals surface area contributed by atoms with Gasteiger partial charge in [0.1, 0.15) is 25.5 Å². The average molecular weight is 860 g/mol. The number of phosphoric ester groups is 1. The number of aliphatic hydroxyl groups excluding tert-OH is 2. The van der Waals surface area contributed by atoms with Crippen molar-refractivity contribution in [3.63, 3.8) is 0 Å². The lowest BCUT2D eigenvalue weighted by Crippen LogP contribution is -2.37. The molecule has 0 aliphatic heterocycles. The molecule has 13 heteroatoms. The van der Waals surface area contributed by atoms with Crippen LogP contribution < -0.4 is 4.89 Å². The van der Waals surface area contributed by atoms with Crippen LogP contribution in [0, 0.1) is 11.8 Å². The van der Waals surface area contributed by atoms with Crippen LogP contribution in [0.5, 0.6) is 0 Å². The van der Waals surface area contributed by atoms with Crippen molar-refractivity contribution >= 4 is 25.5 Å². The van der Waals surface area contributed by atoms with Crippen molar-refractivity contribution in [2.24, 2.45) is 11.8 Å². The number of unbranched alkanes of at least 4 members (excludes halogenated alkanes) is 19. The lowest BCUT2D eigenvalue weighted by molar-refractivity contribution is -0.870. The molecule has 1 unspecified atom stereocenters. The quantitative estimate of drug-likeness (QED) is 0.0199. The zero-order valence-electron chi connectivity index (χ0n) is 37.9. The molecule has 346 valence electrons. The lowest BCUT2D eigenvalue weighted by Gasteiger charge is -2.28. The highest BCUT2D eigenvalue weighted by Gasteiger charge is 2.39. The highest BCUT2D eigenvalue weighted by Crippen LogP contribution is 2.38. The standard InChI is InChI=1S/C46H86NO11P/c1-6-8-10-11-12-13-14-15-16-17-18-19-20-21-27-31-46(52)58-40(38-57-59(53,54)56-35-34-47(3,4)5)37-55-45(51)30-26-23-22-25-29-41-42(44(50)36-43(41)49)33-32-39(48)28-24-9-7-2/h32-33,39-42,44,48,50H,6-31,34-38H2,1-5H3/b33-32+/t39-,40+,41+,42+,44+/m0/s1. The normalized spacial score (nSPS) is 19.3. The maximum absolute atomic E-state index is 12.7. The van der Waals surface area contributed by atoms with E-state index in [1.807, 2.05) is 27.2 Å². The molecule has 59 heavy (non-hydrogen) atoms. The average Bonchev–Trinajstić information content (AvgIpc) is 3.44. The van der Waals surface area contributed by atoms with Crippen LogP contribution in [0.15, 0.2) is 12.2 Å². The van der Waals surface area contributed by atoms with Crippen molar-refractivity contribution in [3.8, 4) is 0 Å². The number of hydrogen-bond donors (Lipinski definition) is 2. The SMILES string of the molecule is CCCCCCCCCCCCCCCCCC(=O)O[C@H](COC(=O)CCCCCC[C@H]1C(=O)C[C@@H](O)[C@@H]1/C=C/[C@@H](O)CCCCC)COP(=O)([O-])OCC[N+](C)(C)C. The van der Waals surface area contributed by atoms with Crippen molar-refractivity contribution < 1.29 is 57.1 Å². The molecule has 0 aromatic heterocycles. The first-order valence-electron chi connectivity index (χ1n) is 23.5. The Morgan fingerprint density at radius 2 is 1.27 bits per heavy atom. The summed E-state index contributed by atoms with van der Waals surface area (Å²) in [6, 6.07) is 0. The van der Waals surface area contributed by atoms with Gasteiger partial charge >= 0.3 is 11.9 Å². The summed E-state index contributed by atoms with van der Waals surface area (Å²) in [5, 5.41) is 20.7. The molecule has 0 amide bonds. The monoisotopic (exact) mass is 860 g/mol. The Hall–Kier alpha value is -1.66. The number of rotatable bonds is 39. The largest absolute Gasteiger partial charge is 0.756 e. The number of carbonyl (C=O) groups is 3. The summed E-state index contributed by atoms with van der Waals surface area (Å²) in [6.07, 6.45) is 27.0. The van der Waals surface area contributed by atoms with E-state index in [0.29, 0.717) is 36.7 Å². The van der Waals surface area contributed by atoms with Crippen LogP contribution in [-0.2, 0) is 37.5 Å². The fourth-order valence-corrected chi connectivity index (χ4v) is 8.16. The molecule has 1 aliphatic rings. The third kappa shape index (κ3) is 30.9. The lowest BCUT2D eigenvalue weighted by atomic mass is 9.88. The molecule has 0 spiro atoms. The van der Waals surface area contributed by atoms with E-state index < -0.39 is 44.7 Å². The van der Waals surface area contributed by atoms with Crippen LogP contribution in [0.4, 0.5) is 0 Å². The first kappa shape index (κ1) is 55.4. The smallest absolute Gasteiger partial charge is 0.306 e. The summed E-state index contributed by atoms with van der Waals surface area (Å²) in [7, 11) is 1.04. The Bertz CT molecular complexity index is 1180. The van der Waals surface area contributed by atoms with Crippen LogP contribution in [-0.4, -0.2) is 98.2 Å². The summed E-state index contributed by atoms with van der Waals surface area (Å²) in [5.41, 5.74) is 0. The first-order chi connectivity index (χ1) is 28.2. The number of aliphatic hydroxyl groups is 2. The highest BCUT2D eigenvalue weighted by atomic mass is 31.2. The predicted molar refractivity (Wildman–Crippen MR) is 232 cm³/mol. The third-order valence-electron chi connectivity index (χ3n) is 11.2. The predicted octanol–water partition coefficient (Wildman–Crippen LogP) is 9.31. The number of ether oxygens (including phenoxy) is 2. The number of nitrogens with zero attached hydrogens (tertiary/aromatic N) is 1. The molecule has 1 aliphatic carbocycles. The van der Waals surface area contributed by atoms with Crippen molar-refractivity contribution in [1.82, 2.24) is 0 Å². The van der Waals surface area contributed by atoms with Crippen molar-refractivity contribution in [1.29, 1.82) is 0 Å². The van der Waals surface area contributed by atoms with Gasteiger partial charge in [-0.2, -0.15) is 0 Å². The number of carbonyl (C=O) groups excluding carboxylic acids is 3. The minimum Gasteiger partial charge on any atom is -0.756 e. The molecule has 0 saturated heterocycles. The van der Waals surface area contributed by atoms with E-state index in [-0.39, 0.29) is 50.1 Å². The van der Waals surface area contributed by atoms with Gasteiger partial charge in [-0.1, -0.05) is 154 Å². The second-order valence-electron chi connectivity index (χ2n) is 17.9. The summed E-state index contributed by atoms with van der Waals surface area (Å²) in [6.45, 7) is 3.87. The molecule has 0 aromatic carbocycles. The second-order valence-corrected chi connectivity index (χ2v) is 19.3. The zero-order valence-corrected chi connectivity index (χ0v) is 38.8. The molecule has 0 aromatic rings. The number of phosphoric acid groups is 1. The Morgan fingerprint density at radius 3 is 1.83 bits per heavy atom. The van der Waals surface area contributed by atoms with Crippen LogP contribution in [0.2, 0.25) is 0 Å². The summed E-state index contributed by atoms with van der Waals surface area (Å²) >= 11 is 0. The molecule has 6 atom stereocenters. The Labute approximate surface area is 358 Å². The molecule has 12 nitrogen and oxygen atoms in total. The Morgan fingerprint density at radius 1 is 0.763 bits per heavy atom. The number of esters is 2. The second kappa shape index (κ2) is 33.9. The van der Waals surface area contributed by atoms with Gasteiger partial charge in [0.15, 0.2) is 6.10 Å². The first-order valence-corrected chi connectivity index (χ1v) is 25.0. The van der Waals surface area contributed by atoms with E-state index in [0.717, 1.165) is 57.8 Å². The maximum atomic E-state index is 12.7. The van der Waals surface area contributed by atoms with Gasteiger partial charge in [0.2, 0.25) is 0 Å². The molecule has 0 radical (unpaired) electrons. The fraction of sp³-hybridized carbons (Fsp3) is 0.891. The van der Waals surface area contributed by atoms with Crippen LogP contribution in [0.25, 0.3) is 0 Å². The van der Waals surface area contributed by atoms with Gasteiger partial charge in [0, 0.05) is 31.1 Å². The van der Waals surface area contributed by atoms with Gasteiger partial charge in [-0.3, -0.25) is 18.9 Å². The molecule has 2 N–H and O–H groups in total. The van der Waals surface area contributed by atoms with E-state index >= 15 is 0 Å². The zero-order chi connectivity index (χ0) is 43.8. The van der Waals surface area contributed by atoms with Gasteiger partial charge in [-0.25, -0.2) is 0 Å². The minimum absolute atomic E-state index is 0.0503. The molecular weight excluding hydrogens is 773 g/mol. The Balaban J connectivity index is 2.44. The van der Waals surface area contributed by atoms with Gasteiger partial charge < -0.3 is 38.1 Å². The number of quaternary nitrogens is 1. The molecule has 1 rings (SSSR count). The van der Waals surface area contributed by atoms with Crippen molar-refractivity contribution in [2.75, 3.05) is 47.5 Å². The van der Waals surface area contributed by atoms with E-state index in [4.69, 9.17) is 18.5 Å². The number of likely N-dealkylation sites (N-methyl/N-ethyl adjacent to an activating group) is 1. The van der Waals surface area contributed by atoms with E-state index in [2.05, 4.69) is 13.8 Å². The van der Waals surface area contributed by atoms with Gasteiger partial charge in [0.05, 0.1) is 40.0 Å². The van der Waals surface area contributed by atoms with E-state index in [9.17, 15) is 34.1 Å². The van der Waals surface area contributed by atoms with Crippen molar-refractivity contribution in [2.45, 2.75) is 206 Å². The summed E-state index contributed by atoms with van der Waals surface area (Å²) < 4.78 is 33.9. The minimum atomic E-state index is -4.68. The van der Waals surface area contributed by atoms with Crippen LogP contribution >= 0.6 is 7.82 Å². The molecular formula is C46H86NO11P. The van der Waals surface area contributed by atoms with Crippen molar-refractivity contribution in [3.05, 3.63) is 12.2 Å². The van der Waals surface area contributed by atoms with Gasteiger partial charge in [-0.15, -0.1) is 0 Å². The maximum Gasteiger partial charge on any atom is 0.306 e. The summed E-state index contributed by atoms with van der Waals surface area (Å²) in [5.74, 6) is -1.50. The summed E-state index contributed by atoms with van der Waals surface area (Å²) in [4.78, 5) is 50.4. The molecule has 1 saturated carbocycles. The van der Waals surface area contributed by atoms with E-state index in [1.165, 1.54) is 70.6 Å². The number of ketones is 1. The molecule has 0 heterocycles. The van der Waals surface area contributed by atoms with E-state index in [1.54, 1.807) is 6.08 Å². The van der Waals surface area contributed by atoms with Crippen LogP contribution in [0.1, 0.15) is 187 Å². The topological polar surface area (TPSA) is 169 Å². The fourth-order valence-electron chi connectivity index (χ4n) is 7.43. The Kier molecular flexibility index (Phi) is 31.8. The number of Topliss-reactive ketones (excluding diaryl/α,β-unsaturated/α-hetero) is 1. The highest BCUT2D eigenvalue weighted by molar-refractivity contribution is 7.45. The third-order valence-corrected chi connectivity index (χ3v) is 12.1.